The topological polar surface area (TPSA) is 58.6 Å². The van der Waals surface area contributed by atoms with Crippen molar-refractivity contribution in [3.63, 3.8) is 0 Å². The van der Waals surface area contributed by atoms with Gasteiger partial charge in [0.15, 0.2) is 0 Å². The highest BCUT2D eigenvalue weighted by Crippen LogP contribution is 2.21. The summed E-state index contributed by atoms with van der Waals surface area (Å²) in [7, 11) is 1.60. The molecule has 0 unspecified atom stereocenters. The number of carbonyl (C=O) groups excluding carboxylic acids is 2. The molecule has 0 saturated carbocycles. The van der Waals surface area contributed by atoms with Crippen LogP contribution in [0.4, 0.5) is 5.69 Å². The highest BCUT2D eigenvalue weighted by atomic mass is 16.5. The Morgan fingerprint density at radius 1 is 1.16 bits per heavy atom. The lowest BCUT2D eigenvalue weighted by Crippen LogP contribution is -2.25. The molecule has 3 rings (SSSR count). The van der Waals surface area contributed by atoms with Gasteiger partial charge in [0, 0.05) is 30.8 Å². The van der Waals surface area contributed by atoms with Gasteiger partial charge in [-0.15, -0.1) is 0 Å². The third-order valence-corrected chi connectivity index (χ3v) is 4.35. The minimum Gasteiger partial charge on any atom is -0.496 e. The summed E-state index contributed by atoms with van der Waals surface area (Å²) in [5.41, 5.74) is 2.79. The van der Waals surface area contributed by atoms with E-state index in [1.54, 1.807) is 7.11 Å². The average Bonchev–Trinajstić information content (AvgIpc) is 3.07. The van der Waals surface area contributed by atoms with Crippen LogP contribution in [0.15, 0.2) is 48.5 Å². The van der Waals surface area contributed by atoms with E-state index in [0.717, 1.165) is 35.5 Å². The number of amides is 2. The molecule has 5 heteroatoms. The molecule has 0 aromatic heterocycles. The van der Waals surface area contributed by atoms with Crippen molar-refractivity contribution in [1.29, 1.82) is 0 Å². The Balaban J connectivity index is 1.54. The van der Waals surface area contributed by atoms with Crippen molar-refractivity contribution in [2.24, 2.45) is 0 Å². The van der Waals surface area contributed by atoms with Gasteiger partial charge < -0.3 is 15.0 Å². The minimum atomic E-state index is -0.0525. The van der Waals surface area contributed by atoms with Crippen molar-refractivity contribution in [1.82, 2.24) is 5.32 Å². The molecule has 1 aliphatic heterocycles. The van der Waals surface area contributed by atoms with Crippen LogP contribution in [0.5, 0.6) is 5.75 Å². The molecule has 2 amide bonds. The van der Waals surface area contributed by atoms with E-state index >= 15 is 0 Å². The quantitative estimate of drug-likeness (QED) is 0.881. The van der Waals surface area contributed by atoms with E-state index in [2.05, 4.69) is 5.32 Å². The summed E-state index contributed by atoms with van der Waals surface area (Å²) in [6, 6.07) is 15.3. The molecule has 1 heterocycles. The van der Waals surface area contributed by atoms with Crippen molar-refractivity contribution in [2.75, 3.05) is 18.6 Å². The third-order valence-electron chi connectivity index (χ3n) is 4.35. The SMILES string of the molecule is COc1ccccc1CC(=O)NCc1ccc(N2CCCC2=O)cc1. The Labute approximate surface area is 147 Å². The first-order chi connectivity index (χ1) is 12.2. The standard InChI is InChI=1S/C20H22N2O3/c1-25-18-6-3-2-5-16(18)13-19(23)21-14-15-8-10-17(11-9-15)22-12-4-7-20(22)24/h2-3,5-6,8-11H,4,7,12-14H2,1H3,(H,21,23). The van der Waals surface area contributed by atoms with Gasteiger partial charge in [0.2, 0.25) is 11.8 Å². The number of hydrogen-bond acceptors (Lipinski definition) is 3. The Morgan fingerprint density at radius 3 is 2.60 bits per heavy atom. The van der Waals surface area contributed by atoms with Gasteiger partial charge in [-0.05, 0) is 30.2 Å². The van der Waals surface area contributed by atoms with Crippen LogP contribution in [0.2, 0.25) is 0 Å². The van der Waals surface area contributed by atoms with Gasteiger partial charge in [0.05, 0.1) is 13.5 Å². The van der Waals surface area contributed by atoms with E-state index in [1.807, 2.05) is 53.4 Å². The van der Waals surface area contributed by atoms with Crippen LogP contribution in [0.3, 0.4) is 0 Å². The monoisotopic (exact) mass is 338 g/mol. The Kier molecular flexibility index (Phi) is 5.33. The number of benzene rings is 2. The first-order valence-electron chi connectivity index (χ1n) is 8.45. The maximum Gasteiger partial charge on any atom is 0.227 e. The minimum absolute atomic E-state index is 0.0525. The fourth-order valence-electron chi connectivity index (χ4n) is 3.00. The fourth-order valence-corrected chi connectivity index (χ4v) is 3.00. The molecule has 0 aliphatic carbocycles. The number of anilines is 1. The summed E-state index contributed by atoms with van der Waals surface area (Å²) in [6.07, 6.45) is 1.82. The van der Waals surface area contributed by atoms with Crippen LogP contribution < -0.4 is 15.0 Å². The molecule has 130 valence electrons. The lowest BCUT2D eigenvalue weighted by atomic mass is 10.1. The molecule has 1 aliphatic rings. The third kappa shape index (κ3) is 4.18. The summed E-state index contributed by atoms with van der Waals surface area (Å²) < 4.78 is 5.27. The highest BCUT2D eigenvalue weighted by Gasteiger charge is 2.21. The maximum atomic E-state index is 12.2. The lowest BCUT2D eigenvalue weighted by Gasteiger charge is -2.16. The van der Waals surface area contributed by atoms with E-state index in [1.165, 1.54) is 0 Å². The molecule has 1 saturated heterocycles. The number of rotatable bonds is 6. The van der Waals surface area contributed by atoms with Gasteiger partial charge in [0.25, 0.3) is 0 Å². The largest absolute Gasteiger partial charge is 0.496 e. The van der Waals surface area contributed by atoms with Crippen LogP contribution >= 0.6 is 0 Å². The van der Waals surface area contributed by atoms with Gasteiger partial charge in [-0.3, -0.25) is 9.59 Å². The second-order valence-electron chi connectivity index (χ2n) is 6.08. The molecule has 0 spiro atoms. The van der Waals surface area contributed by atoms with Crippen LogP contribution in [-0.4, -0.2) is 25.5 Å². The van der Waals surface area contributed by atoms with Crippen molar-refractivity contribution in [3.8, 4) is 5.75 Å². The molecule has 1 N–H and O–H groups in total. The van der Waals surface area contributed by atoms with Gasteiger partial charge in [-0.1, -0.05) is 30.3 Å². The normalized spacial score (nSPS) is 13.8. The second-order valence-corrected chi connectivity index (χ2v) is 6.08. The molecule has 0 atom stereocenters. The van der Waals surface area contributed by atoms with Crippen LogP contribution in [0, 0.1) is 0 Å². The van der Waals surface area contributed by atoms with Crippen molar-refractivity contribution in [2.45, 2.75) is 25.8 Å². The van der Waals surface area contributed by atoms with E-state index < -0.39 is 0 Å². The first-order valence-corrected chi connectivity index (χ1v) is 8.45. The predicted molar refractivity (Wildman–Crippen MR) is 96.6 cm³/mol. The van der Waals surface area contributed by atoms with Crippen molar-refractivity contribution >= 4 is 17.5 Å². The summed E-state index contributed by atoms with van der Waals surface area (Å²) in [4.78, 5) is 25.7. The number of ether oxygens (including phenoxy) is 1. The van der Waals surface area contributed by atoms with Crippen LogP contribution in [-0.2, 0) is 22.6 Å². The molecular formula is C20H22N2O3. The Hall–Kier alpha value is -2.82. The van der Waals surface area contributed by atoms with E-state index in [4.69, 9.17) is 4.74 Å². The summed E-state index contributed by atoms with van der Waals surface area (Å²) in [5.74, 6) is 0.846. The van der Waals surface area contributed by atoms with Crippen LogP contribution in [0.1, 0.15) is 24.0 Å². The summed E-state index contributed by atoms with van der Waals surface area (Å²) >= 11 is 0. The van der Waals surface area contributed by atoms with E-state index in [0.29, 0.717) is 13.0 Å². The zero-order chi connectivity index (χ0) is 17.6. The van der Waals surface area contributed by atoms with E-state index in [-0.39, 0.29) is 18.2 Å². The van der Waals surface area contributed by atoms with Crippen LogP contribution in [0.25, 0.3) is 0 Å². The van der Waals surface area contributed by atoms with Gasteiger partial charge in [0.1, 0.15) is 5.75 Å². The number of nitrogens with one attached hydrogen (secondary N) is 1. The van der Waals surface area contributed by atoms with Crippen molar-refractivity contribution in [3.05, 3.63) is 59.7 Å². The Morgan fingerprint density at radius 2 is 1.92 bits per heavy atom. The number of hydrogen-bond donors (Lipinski definition) is 1. The number of para-hydroxylation sites is 1. The highest BCUT2D eigenvalue weighted by molar-refractivity contribution is 5.95. The number of nitrogens with zero attached hydrogens (tertiary/aromatic N) is 1. The molecular weight excluding hydrogens is 316 g/mol. The second kappa shape index (κ2) is 7.83. The fraction of sp³-hybridized carbons (Fsp3) is 0.300. The molecule has 25 heavy (non-hydrogen) atoms. The number of carbonyl (C=O) groups is 2. The average molecular weight is 338 g/mol. The number of methoxy groups -OCH3 is 1. The summed E-state index contributed by atoms with van der Waals surface area (Å²) in [5, 5.41) is 2.92. The predicted octanol–water partition coefficient (Wildman–Crippen LogP) is 2.68. The molecule has 1 fully saturated rings. The van der Waals surface area contributed by atoms with Crippen molar-refractivity contribution < 1.29 is 14.3 Å². The van der Waals surface area contributed by atoms with Gasteiger partial charge >= 0.3 is 0 Å². The lowest BCUT2D eigenvalue weighted by molar-refractivity contribution is -0.120. The Bertz CT molecular complexity index is 756. The molecule has 2 aromatic carbocycles. The molecule has 0 bridgehead atoms. The zero-order valence-electron chi connectivity index (χ0n) is 14.3. The first kappa shape index (κ1) is 17.0. The molecule has 5 nitrogen and oxygen atoms in total. The van der Waals surface area contributed by atoms with E-state index in [9.17, 15) is 9.59 Å². The summed E-state index contributed by atoms with van der Waals surface area (Å²) in [6.45, 7) is 1.25. The smallest absolute Gasteiger partial charge is 0.227 e. The van der Waals surface area contributed by atoms with Gasteiger partial charge in [-0.25, -0.2) is 0 Å². The zero-order valence-corrected chi connectivity index (χ0v) is 14.3. The van der Waals surface area contributed by atoms with Gasteiger partial charge in [-0.2, -0.15) is 0 Å². The molecule has 2 aromatic rings. The maximum absolute atomic E-state index is 12.2. The molecule has 0 radical (unpaired) electrons.